The molecule has 0 heterocycles. The number of benzene rings is 1. The van der Waals surface area contributed by atoms with Crippen LogP contribution in [0.1, 0.15) is 35.2 Å². The SMILES string of the molecule is NC(=O)c1c(F)cccc1[CH]C1CCC1. The summed E-state index contributed by atoms with van der Waals surface area (Å²) in [5.74, 6) is -0.751. The van der Waals surface area contributed by atoms with Crippen molar-refractivity contribution in [3.8, 4) is 0 Å². The third-order valence-electron chi connectivity index (χ3n) is 2.86. The van der Waals surface area contributed by atoms with Gasteiger partial charge >= 0.3 is 0 Å². The number of carbonyl (C=O) groups excluding carboxylic acids is 1. The molecular weight excluding hydrogens is 193 g/mol. The average Bonchev–Trinajstić information content (AvgIpc) is 2.10. The van der Waals surface area contributed by atoms with Gasteiger partial charge in [0.1, 0.15) is 5.82 Å². The van der Waals surface area contributed by atoms with Crippen LogP contribution in [0.4, 0.5) is 4.39 Å². The van der Waals surface area contributed by atoms with Crippen molar-refractivity contribution in [3.63, 3.8) is 0 Å². The quantitative estimate of drug-likeness (QED) is 0.810. The number of hydrogen-bond acceptors (Lipinski definition) is 1. The van der Waals surface area contributed by atoms with E-state index < -0.39 is 11.7 Å². The van der Waals surface area contributed by atoms with Gasteiger partial charge in [0.05, 0.1) is 5.56 Å². The summed E-state index contributed by atoms with van der Waals surface area (Å²) >= 11 is 0. The van der Waals surface area contributed by atoms with Crippen LogP contribution in [-0.2, 0) is 0 Å². The first-order valence-corrected chi connectivity index (χ1v) is 5.11. The number of amides is 1. The summed E-state index contributed by atoms with van der Waals surface area (Å²) in [5.41, 5.74) is 5.80. The van der Waals surface area contributed by atoms with Crippen LogP contribution in [0.3, 0.4) is 0 Å². The maximum Gasteiger partial charge on any atom is 0.251 e. The highest BCUT2D eigenvalue weighted by Gasteiger charge is 2.22. The fourth-order valence-electron chi connectivity index (χ4n) is 1.80. The fourth-order valence-corrected chi connectivity index (χ4v) is 1.80. The van der Waals surface area contributed by atoms with Gasteiger partial charge in [-0.15, -0.1) is 0 Å². The summed E-state index contributed by atoms with van der Waals surface area (Å²) in [6.45, 7) is 0. The Morgan fingerprint density at radius 1 is 1.47 bits per heavy atom. The van der Waals surface area contributed by atoms with E-state index in [9.17, 15) is 9.18 Å². The highest BCUT2D eigenvalue weighted by atomic mass is 19.1. The molecule has 0 spiro atoms. The second-order valence-corrected chi connectivity index (χ2v) is 3.93. The summed E-state index contributed by atoms with van der Waals surface area (Å²) in [4.78, 5) is 11.1. The summed E-state index contributed by atoms with van der Waals surface area (Å²) in [6, 6.07) is 4.60. The summed E-state index contributed by atoms with van der Waals surface area (Å²) in [7, 11) is 0. The van der Waals surface area contributed by atoms with Crippen LogP contribution in [-0.4, -0.2) is 5.91 Å². The van der Waals surface area contributed by atoms with E-state index in [1.54, 1.807) is 12.1 Å². The molecule has 0 bridgehead atoms. The van der Waals surface area contributed by atoms with Gasteiger partial charge in [0, 0.05) is 0 Å². The average molecular weight is 206 g/mol. The summed E-state index contributed by atoms with van der Waals surface area (Å²) in [5, 5.41) is 0. The van der Waals surface area contributed by atoms with Crippen LogP contribution in [0.2, 0.25) is 0 Å². The zero-order valence-electron chi connectivity index (χ0n) is 8.37. The standard InChI is InChI=1S/C12H13FNO/c13-10-6-2-5-9(11(10)12(14)15)7-8-3-1-4-8/h2,5-8H,1,3-4H2,(H2,14,15). The predicted octanol–water partition coefficient (Wildman–Crippen LogP) is 2.28. The lowest BCUT2D eigenvalue weighted by molar-refractivity contribution is 0.0995. The lowest BCUT2D eigenvalue weighted by atomic mass is 9.80. The molecule has 3 heteroatoms. The number of nitrogens with two attached hydrogens (primary N) is 1. The third kappa shape index (κ3) is 2.01. The van der Waals surface area contributed by atoms with Crippen LogP contribution >= 0.6 is 0 Å². The highest BCUT2D eigenvalue weighted by molar-refractivity contribution is 5.95. The largest absolute Gasteiger partial charge is 0.365 e. The lowest BCUT2D eigenvalue weighted by Crippen LogP contribution is -2.19. The summed E-state index contributed by atoms with van der Waals surface area (Å²) in [6.07, 6.45) is 5.40. The molecule has 0 aliphatic heterocycles. The first kappa shape index (κ1) is 10.1. The van der Waals surface area contributed by atoms with E-state index in [0.717, 1.165) is 12.8 Å². The van der Waals surface area contributed by atoms with Gasteiger partial charge in [0.2, 0.25) is 0 Å². The van der Waals surface area contributed by atoms with Crippen LogP contribution in [0.5, 0.6) is 0 Å². The Morgan fingerprint density at radius 3 is 2.73 bits per heavy atom. The normalized spacial score (nSPS) is 16.1. The molecule has 1 fully saturated rings. The van der Waals surface area contributed by atoms with E-state index in [4.69, 9.17) is 5.73 Å². The van der Waals surface area contributed by atoms with Crippen molar-refractivity contribution < 1.29 is 9.18 Å². The minimum Gasteiger partial charge on any atom is -0.365 e. The van der Waals surface area contributed by atoms with Crippen molar-refractivity contribution >= 4 is 5.91 Å². The molecule has 0 atom stereocenters. The van der Waals surface area contributed by atoms with Gasteiger partial charge in [0.25, 0.3) is 5.91 Å². The molecule has 15 heavy (non-hydrogen) atoms. The first-order valence-electron chi connectivity index (χ1n) is 5.11. The maximum atomic E-state index is 13.4. The van der Waals surface area contributed by atoms with Crippen LogP contribution in [0.15, 0.2) is 18.2 Å². The molecular formula is C12H13FNO. The molecule has 1 saturated carbocycles. The van der Waals surface area contributed by atoms with Crippen molar-refractivity contribution in [1.29, 1.82) is 0 Å². The van der Waals surface area contributed by atoms with Crippen LogP contribution < -0.4 is 5.73 Å². The Labute approximate surface area is 88.3 Å². The van der Waals surface area contributed by atoms with Gasteiger partial charge in [-0.05, 0) is 36.8 Å². The predicted molar refractivity (Wildman–Crippen MR) is 55.7 cm³/mol. The van der Waals surface area contributed by atoms with Gasteiger partial charge in [-0.1, -0.05) is 18.6 Å². The van der Waals surface area contributed by atoms with Crippen LogP contribution in [0.25, 0.3) is 0 Å². The highest BCUT2D eigenvalue weighted by Crippen LogP contribution is 2.32. The Bertz CT molecular complexity index is 385. The van der Waals surface area contributed by atoms with Gasteiger partial charge in [-0.3, -0.25) is 4.79 Å². The minimum atomic E-state index is -0.696. The second kappa shape index (κ2) is 4.01. The number of hydrogen-bond donors (Lipinski definition) is 1. The van der Waals surface area contributed by atoms with E-state index in [1.165, 1.54) is 12.5 Å². The van der Waals surface area contributed by atoms with E-state index in [1.807, 2.05) is 6.42 Å². The lowest BCUT2D eigenvalue weighted by Gasteiger charge is -2.25. The molecule has 0 saturated heterocycles. The Balaban J connectivity index is 2.27. The van der Waals surface area contributed by atoms with E-state index in [2.05, 4.69) is 0 Å². The zero-order chi connectivity index (χ0) is 10.8. The molecule has 1 aromatic carbocycles. The Hall–Kier alpha value is -1.38. The fraction of sp³-hybridized carbons (Fsp3) is 0.333. The molecule has 0 aromatic heterocycles. The van der Waals surface area contributed by atoms with Gasteiger partial charge in [0.15, 0.2) is 0 Å². The molecule has 79 valence electrons. The maximum absolute atomic E-state index is 13.4. The Kier molecular flexibility index (Phi) is 2.71. The van der Waals surface area contributed by atoms with E-state index in [-0.39, 0.29) is 5.56 Å². The first-order chi connectivity index (χ1) is 7.18. The van der Waals surface area contributed by atoms with Crippen molar-refractivity contribution in [2.45, 2.75) is 19.3 Å². The van der Waals surface area contributed by atoms with Gasteiger partial charge < -0.3 is 5.73 Å². The number of carbonyl (C=O) groups is 1. The molecule has 2 N–H and O–H groups in total. The van der Waals surface area contributed by atoms with Crippen molar-refractivity contribution in [3.05, 3.63) is 41.6 Å². The van der Waals surface area contributed by atoms with E-state index in [0.29, 0.717) is 11.5 Å². The van der Waals surface area contributed by atoms with Crippen molar-refractivity contribution in [2.75, 3.05) is 0 Å². The molecule has 1 aliphatic rings. The zero-order valence-corrected chi connectivity index (χ0v) is 8.37. The van der Waals surface area contributed by atoms with Gasteiger partial charge in [-0.2, -0.15) is 0 Å². The molecule has 1 aromatic rings. The minimum absolute atomic E-state index is 0.0180. The number of halogens is 1. The molecule has 1 radical (unpaired) electrons. The molecule has 2 nitrogen and oxygen atoms in total. The molecule has 1 amide bonds. The third-order valence-corrected chi connectivity index (χ3v) is 2.86. The van der Waals surface area contributed by atoms with Crippen LogP contribution in [0, 0.1) is 18.2 Å². The number of primary amides is 1. The monoisotopic (exact) mass is 206 g/mol. The molecule has 2 rings (SSSR count). The molecule has 1 aliphatic carbocycles. The summed E-state index contributed by atoms with van der Waals surface area (Å²) < 4.78 is 13.4. The number of rotatable bonds is 3. The topological polar surface area (TPSA) is 43.1 Å². The smallest absolute Gasteiger partial charge is 0.251 e. The Morgan fingerprint density at radius 2 is 2.20 bits per heavy atom. The van der Waals surface area contributed by atoms with Crippen molar-refractivity contribution in [1.82, 2.24) is 0 Å². The van der Waals surface area contributed by atoms with E-state index >= 15 is 0 Å². The molecule has 0 unspecified atom stereocenters. The van der Waals surface area contributed by atoms with Crippen molar-refractivity contribution in [2.24, 2.45) is 11.7 Å². The second-order valence-electron chi connectivity index (χ2n) is 3.93. The van der Waals surface area contributed by atoms with Gasteiger partial charge in [-0.25, -0.2) is 4.39 Å².